The van der Waals surface area contributed by atoms with Crippen molar-refractivity contribution >= 4 is 19.9 Å². The Kier molecular flexibility index (Phi) is 2.97. The Bertz CT molecular complexity index is 193. The fourth-order valence-corrected chi connectivity index (χ4v) is 2.07. The second-order valence-corrected chi connectivity index (χ2v) is 4.44. The summed E-state index contributed by atoms with van der Waals surface area (Å²) in [7, 11) is -0.324. The molecule has 0 amide bonds. The maximum Gasteiger partial charge on any atom is 0.129 e. The van der Waals surface area contributed by atoms with E-state index in [9.17, 15) is 0 Å². The molecule has 0 aliphatic heterocycles. The fourth-order valence-electron chi connectivity index (χ4n) is 0.864. The van der Waals surface area contributed by atoms with Gasteiger partial charge >= 0.3 is 0 Å². The zero-order valence-electron chi connectivity index (χ0n) is 6.10. The van der Waals surface area contributed by atoms with Gasteiger partial charge in [0.1, 0.15) is 8.83 Å². The molecular formula is C8H11ClSi. The van der Waals surface area contributed by atoms with E-state index in [2.05, 4.69) is 31.2 Å². The molecule has 2 heteroatoms. The molecule has 0 radical (unpaired) electrons. The van der Waals surface area contributed by atoms with Gasteiger partial charge in [0, 0.05) is 0 Å². The van der Waals surface area contributed by atoms with Gasteiger partial charge in [0.15, 0.2) is 0 Å². The monoisotopic (exact) mass is 170 g/mol. The maximum absolute atomic E-state index is 5.71. The Balaban J connectivity index is 2.69. The van der Waals surface area contributed by atoms with E-state index >= 15 is 0 Å². The third-order valence-corrected chi connectivity index (χ3v) is 2.84. The third-order valence-electron chi connectivity index (χ3n) is 1.50. The van der Waals surface area contributed by atoms with Crippen LogP contribution < -0.4 is 0 Å². The number of hydrogen-bond acceptors (Lipinski definition) is 0. The van der Waals surface area contributed by atoms with E-state index in [0.717, 1.165) is 6.04 Å². The Hall–Kier alpha value is -0.273. The van der Waals surface area contributed by atoms with Gasteiger partial charge in [0.2, 0.25) is 0 Å². The van der Waals surface area contributed by atoms with Crippen LogP contribution in [0.15, 0.2) is 24.3 Å². The molecule has 0 fully saturated rings. The first-order chi connectivity index (χ1) is 4.83. The van der Waals surface area contributed by atoms with Gasteiger partial charge < -0.3 is 0 Å². The average molecular weight is 171 g/mol. The Morgan fingerprint density at radius 2 is 1.90 bits per heavy atom. The van der Waals surface area contributed by atoms with Crippen LogP contribution >= 0.6 is 11.1 Å². The highest BCUT2D eigenvalue weighted by atomic mass is 35.6. The lowest BCUT2D eigenvalue weighted by Crippen LogP contribution is -1.87. The second kappa shape index (κ2) is 3.79. The third kappa shape index (κ3) is 2.16. The van der Waals surface area contributed by atoms with Crippen LogP contribution in [0.2, 0.25) is 0 Å². The minimum atomic E-state index is -0.324. The molecule has 54 valence electrons. The van der Waals surface area contributed by atoms with E-state index in [0.29, 0.717) is 0 Å². The highest BCUT2D eigenvalue weighted by molar-refractivity contribution is 6.93. The summed E-state index contributed by atoms with van der Waals surface area (Å²) >= 11 is 5.71. The molecule has 0 saturated heterocycles. The predicted octanol–water partition coefficient (Wildman–Crippen LogP) is 1.82. The summed E-state index contributed by atoms with van der Waals surface area (Å²) in [6.07, 6.45) is 0. The summed E-state index contributed by atoms with van der Waals surface area (Å²) in [5.41, 5.74) is 2.70. The molecule has 0 heterocycles. The summed E-state index contributed by atoms with van der Waals surface area (Å²) in [6, 6.07) is 9.70. The fraction of sp³-hybridized carbons (Fsp3) is 0.250. The van der Waals surface area contributed by atoms with Crippen molar-refractivity contribution in [1.82, 2.24) is 0 Å². The first kappa shape index (κ1) is 7.83. The van der Waals surface area contributed by atoms with Crippen molar-refractivity contribution in [2.24, 2.45) is 0 Å². The normalized spacial score (nSPS) is 11.0. The maximum atomic E-state index is 5.71. The zero-order valence-corrected chi connectivity index (χ0v) is 8.27. The van der Waals surface area contributed by atoms with Gasteiger partial charge in [0.25, 0.3) is 0 Å². The molecule has 0 bridgehead atoms. The zero-order chi connectivity index (χ0) is 7.40. The summed E-state index contributed by atoms with van der Waals surface area (Å²) in [4.78, 5) is 0. The summed E-state index contributed by atoms with van der Waals surface area (Å²) in [6.45, 7) is 2.10. The molecule has 0 unspecified atom stereocenters. The van der Waals surface area contributed by atoms with E-state index in [4.69, 9.17) is 11.1 Å². The molecular weight excluding hydrogens is 160 g/mol. The largest absolute Gasteiger partial charge is 0.176 e. The number of rotatable bonds is 2. The van der Waals surface area contributed by atoms with E-state index in [1.807, 2.05) is 0 Å². The Morgan fingerprint density at radius 1 is 1.30 bits per heavy atom. The van der Waals surface area contributed by atoms with Crippen molar-refractivity contribution in [3.05, 3.63) is 35.4 Å². The van der Waals surface area contributed by atoms with E-state index in [-0.39, 0.29) is 8.83 Å². The first-order valence-electron chi connectivity index (χ1n) is 3.44. The molecule has 1 rings (SSSR count). The van der Waals surface area contributed by atoms with Gasteiger partial charge in [-0.15, -0.1) is 0 Å². The summed E-state index contributed by atoms with van der Waals surface area (Å²) < 4.78 is 0. The summed E-state index contributed by atoms with van der Waals surface area (Å²) in [5, 5.41) is 0. The topological polar surface area (TPSA) is 0 Å². The average Bonchev–Trinajstić information content (AvgIpc) is 1.95. The van der Waals surface area contributed by atoms with Gasteiger partial charge in [-0.3, -0.25) is 0 Å². The minimum Gasteiger partial charge on any atom is -0.176 e. The summed E-state index contributed by atoms with van der Waals surface area (Å²) in [5.74, 6) is 0. The van der Waals surface area contributed by atoms with Gasteiger partial charge in [0.05, 0.1) is 0 Å². The molecule has 0 nitrogen and oxygen atoms in total. The van der Waals surface area contributed by atoms with Crippen LogP contribution in [-0.4, -0.2) is 8.83 Å². The molecule has 10 heavy (non-hydrogen) atoms. The van der Waals surface area contributed by atoms with Crippen LogP contribution in [0.3, 0.4) is 0 Å². The van der Waals surface area contributed by atoms with Crippen molar-refractivity contribution < 1.29 is 0 Å². The lowest BCUT2D eigenvalue weighted by atomic mass is 10.2. The smallest absolute Gasteiger partial charge is 0.129 e. The van der Waals surface area contributed by atoms with Crippen LogP contribution in [0.5, 0.6) is 0 Å². The van der Waals surface area contributed by atoms with Crippen LogP contribution in [-0.2, 0) is 6.04 Å². The molecule has 1 aromatic carbocycles. The van der Waals surface area contributed by atoms with Crippen LogP contribution in [0.1, 0.15) is 11.1 Å². The highest BCUT2D eigenvalue weighted by Gasteiger charge is 1.89. The van der Waals surface area contributed by atoms with Gasteiger partial charge in [-0.2, -0.15) is 11.1 Å². The number of benzene rings is 1. The quantitative estimate of drug-likeness (QED) is 0.469. The van der Waals surface area contributed by atoms with Crippen LogP contribution in [0, 0.1) is 6.92 Å². The number of hydrogen-bond donors (Lipinski definition) is 0. The SMILES string of the molecule is Cc1ccc(C[SiH2]Cl)cc1. The van der Waals surface area contributed by atoms with Crippen LogP contribution in [0.25, 0.3) is 0 Å². The lowest BCUT2D eigenvalue weighted by molar-refractivity contribution is 1.35. The molecule has 0 atom stereocenters. The molecule has 0 spiro atoms. The molecule has 0 aliphatic rings. The molecule has 0 aliphatic carbocycles. The van der Waals surface area contributed by atoms with Crippen molar-refractivity contribution in [3.8, 4) is 0 Å². The van der Waals surface area contributed by atoms with Gasteiger partial charge in [-0.25, -0.2) is 0 Å². The van der Waals surface area contributed by atoms with E-state index < -0.39 is 0 Å². The number of aryl methyl sites for hydroxylation is 1. The van der Waals surface area contributed by atoms with E-state index in [1.165, 1.54) is 11.1 Å². The van der Waals surface area contributed by atoms with E-state index in [1.54, 1.807) is 0 Å². The van der Waals surface area contributed by atoms with Crippen molar-refractivity contribution in [2.75, 3.05) is 0 Å². The van der Waals surface area contributed by atoms with Crippen molar-refractivity contribution in [2.45, 2.75) is 13.0 Å². The lowest BCUT2D eigenvalue weighted by Gasteiger charge is -1.96. The highest BCUT2D eigenvalue weighted by Crippen LogP contribution is 2.03. The molecule has 0 N–H and O–H groups in total. The number of halogens is 1. The molecule has 0 aromatic heterocycles. The van der Waals surface area contributed by atoms with Gasteiger partial charge in [-0.05, 0) is 13.0 Å². The molecule has 0 saturated carbocycles. The standard InChI is InChI=1S/C8H11ClSi/c1-7-2-4-8(5-3-7)6-10-9/h2-5H,6,10H2,1H3. The van der Waals surface area contributed by atoms with Gasteiger partial charge in [-0.1, -0.05) is 35.4 Å². The first-order valence-corrected chi connectivity index (χ1v) is 6.58. The van der Waals surface area contributed by atoms with Crippen molar-refractivity contribution in [1.29, 1.82) is 0 Å². The minimum absolute atomic E-state index is 0.324. The predicted molar refractivity (Wildman–Crippen MR) is 49.3 cm³/mol. The van der Waals surface area contributed by atoms with Crippen molar-refractivity contribution in [3.63, 3.8) is 0 Å². The Labute approximate surface area is 68.7 Å². The van der Waals surface area contributed by atoms with Crippen LogP contribution in [0.4, 0.5) is 0 Å². The second-order valence-electron chi connectivity index (χ2n) is 2.42. The molecule has 1 aromatic rings. The Morgan fingerprint density at radius 3 is 2.40 bits per heavy atom.